The summed E-state index contributed by atoms with van der Waals surface area (Å²) in [4.78, 5) is 32.6. The highest BCUT2D eigenvalue weighted by atomic mass is 35.5. The van der Waals surface area contributed by atoms with Crippen molar-refractivity contribution in [3.05, 3.63) is 100 Å². The molecule has 0 atom stereocenters. The molecule has 2 amide bonds. The van der Waals surface area contributed by atoms with Crippen molar-refractivity contribution >= 4 is 68.7 Å². The number of rotatable bonds is 6. The normalized spacial score (nSPS) is 15.8. The van der Waals surface area contributed by atoms with Crippen molar-refractivity contribution in [2.75, 3.05) is 11.9 Å². The molecule has 1 aliphatic heterocycles. The van der Waals surface area contributed by atoms with Crippen molar-refractivity contribution in [1.29, 1.82) is 0 Å². The Bertz CT molecular complexity index is 1540. The highest BCUT2D eigenvalue weighted by molar-refractivity contribution is 8.18. The standard InChI is InChI=1S/C28H22ClFN4O2S/c1-2-34-27(36)25(37-28(34)32-22-13-9-20(30)10-14-22)15-18-16-33(24-6-4-3-5-23(18)24)17-26(35)31-21-11-7-19(29)8-12-21/h3-16H,2,17H2,1H3,(H,31,35)/b25-15+,32-28?. The number of para-hydroxylation sites is 1. The Morgan fingerprint density at radius 1 is 1.08 bits per heavy atom. The van der Waals surface area contributed by atoms with E-state index in [0.29, 0.717) is 33.0 Å². The molecule has 4 aromatic rings. The first kappa shape index (κ1) is 24.8. The number of nitrogens with one attached hydrogen (secondary N) is 1. The van der Waals surface area contributed by atoms with Crippen molar-refractivity contribution < 1.29 is 14.0 Å². The molecule has 1 fully saturated rings. The number of fused-ring (bicyclic) bond motifs is 1. The van der Waals surface area contributed by atoms with E-state index in [4.69, 9.17) is 11.6 Å². The van der Waals surface area contributed by atoms with Crippen LogP contribution >= 0.6 is 23.4 Å². The van der Waals surface area contributed by atoms with E-state index in [1.54, 1.807) is 41.3 Å². The number of hydrogen-bond acceptors (Lipinski definition) is 4. The van der Waals surface area contributed by atoms with Crippen molar-refractivity contribution in [2.45, 2.75) is 13.5 Å². The maximum absolute atomic E-state index is 13.3. The van der Waals surface area contributed by atoms with Crippen molar-refractivity contribution in [2.24, 2.45) is 4.99 Å². The van der Waals surface area contributed by atoms with E-state index < -0.39 is 0 Å². The summed E-state index contributed by atoms with van der Waals surface area (Å²) in [5.74, 6) is -0.671. The van der Waals surface area contributed by atoms with Gasteiger partial charge >= 0.3 is 0 Å². The molecule has 186 valence electrons. The lowest BCUT2D eigenvalue weighted by Crippen LogP contribution is -2.28. The zero-order valence-corrected chi connectivity index (χ0v) is 21.4. The summed E-state index contributed by atoms with van der Waals surface area (Å²) in [6.45, 7) is 2.44. The molecule has 1 aliphatic rings. The lowest BCUT2D eigenvalue weighted by atomic mass is 10.1. The number of anilines is 1. The summed E-state index contributed by atoms with van der Waals surface area (Å²) >= 11 is 7.20. The van der Waals surface area contributed by atoms with E-state index in [2.05, 4.69) is 10.3 Å². The fourth-order valence-corrected chi connectivity index (χ4v) is 5.23. The second-order valence-corrected chi connectivity index (χ2v) is 9.76. The quantitative estimate of drug-likeness (QED) is 0.281. The zero-order chi connectivity index (χ0) is 25.9. The molecule has 0 aliphatic carbocycles. The van der Waals surface area contributed by atoms with Crippen LogP contribution in [0.3, 0.4) is 0 Å². The molecule has 0 radical (unpaired) electrons. The van der Waals surface area contributed by atoms with Gasteiger partial charge in [0.25, 0.3) is 5.91 Å². The Labute approximate surface area is 222 Å². The van der Waals surface area contributed by atoms with Crippen LogP contribution in [-0.4, -0.2) is 33.0 Å². The largest absolute Gasteiger partial charge is 0.337 e. The number of amidine groups is 1. The van der Waals surface area contributed by atoms with Crippen LogP contribution in [0.5, 0.6) is 0 Å². The van der Waals surface area contributed by atoms with Gasteiger partial charge in [0.05, 0.1) is 10.6 Å². The lowest BCUT2D eigenvalue weighted by molar-refractivity contribution is -0.122. The molecule has 6 nitrogen and oxygen atoms in total. The van der Waals surface area contributed by atoms with E-state index in [0.717, 1.165) is 16.5 Å². The van der Waals surface area contributed by atoms with E-state index in [-0.39, 0.29) is 24.2 Å². The van der Waals surface area contributed by atoms with Crippen LogP contribution in [0, 0.1) is 5.82 Å². The van der Waals surface area contributed by atoms with Gasteiger partial charge in [0, 0.05) is 39.9 Å². The van der Waals surface area contributed by atoms with Crippen LogP contribution in [0.1, 0.15) is 12.5 Å². The summed E-state index contributed by atoms with van der Waals surface area (Å²) in [6, 6.07) is 20.5. The summed E-state index contributed by atoms with van der Waals surface area (Å²) in [5, 5.41) is 4.94. The number of halogens is 2. The number of amides is 2. The molecule has 5 rings (SSSR count). The minimum atomic E-state index is -0.342. The number of benzene rings is 3. The van der Waals surface area contributed by atoms with Gasteiger partial charge in [-0.15, -0.1) is 0 Å². The van der Waals surface area contributed by atoms with E-state index in [9.17, 15) is 14.0 Å². The van der Waals surface area contributed by atoms with E-state index in [1.165, 1.54) is 23.9 Å². The van der Waals surface area contributed by atoms with Crippen LogP contribution in [0.15, 0.2) is 88.9 Å². The number of hydrogen-bond donors (Lipinski definition) is 1. The Balaban J connectivity index is 1.43. The first-order valence-electron chi connectivity index (χ1n) is 11.6. The summed E-state index contributed by atoms with van der Waals surface area (Å²) in [6.07, 6.45) is 3.71. The van der Waals surface area contributed by atoms with E-state index >= 15 is 0 Å². The third kappa shape index (κ3) is 5.45. The molecule has 0 saturated carbocycles. The molecule has 0 unspecified atom stereocenters. The molecule has 1 aromatic heterocycles. The van der Waals surface area contributed by atoms with Crippen LogP contribution in [-0.2, 0) is 16.1 Å². The summed E-state index contributed by atoms with van der Waals surface area (Å²) in [7, 11) is 0. The van der Waals surface area contributed by atoms with Gasteiger partial charge in [-0.1, -0.05) is 29.8 Å². The lowest BCUT2D eigenvalue weighted by Gasteiger charge is -2.11. The fourth-order valence-electron chi connectivity index (χ4n) is 4.05. The zero-order valence-electron chi connectivity index (χ0n) is 19.8. The third-order valence-corrected chi connectivity index (χ3v) is 7.06. The molecule has 1 N–H and O–H groups in total. The molecule has 37 heavy (non-hydrogen) atoms. The van der Waals surface area contributed by atoms with Crippen LogP contribution in [0.4, 0.5) is 15.8 Å². The second-order valence-electron chi connectivity index (χ2n) is 8.32. The van der Waals surface area contributed by atoms with Crippen LogP contribution in [0.25, 0.3) is 17.0 Å². The molecule has 0 spiro atoms. The second kappa shape index (κ2) is 10.6. The SMILES string of the molecule is CCN1C(=O)/C(=C\c2cn(CC(=O)Nc3ccc(Cl)cc3)c3ccccc23)SC1=Nc1ccc(F)cc1. The smallest absolute Gasteiger partial charge is 0.266 e. The van der Waals surface area contributed by atoms with Gasteiger partial charge in [-0.3, -0.25) is 14.5 Å². The third-order valence-electron chi connectivity index (χ3n) is 5.80. The van der Waals surface area contributed by atoms with Crippen LogP contribution < -0.4 is 5.32 Å². The molecule has 1 saturated heterocycles. The van der Waals surface area contributed by atoms with Crippen molar-refractivity contribution in [3.63, 3.8) is 0 Å². The van der Waals surface area contributed by atoms with Gasteiger partial charge in [0.15, 0.2) is 5.17 Å². The van der Waals surface area contributed by atoms with E-state index in [1.807, 2.05) is 48.0 Å². The number of nitrogens with zero attached hydrogens (tertiary/aromatic N) is 3. The first-order valence-corrected chi connectivity index (χ1v) is 12.8. The van der Waals surface area contributed by atoms with Gasteiger partial charge in [-0.2, -0.15) is 0 Å². The molecule has 0 bridgehead atoms. The Kier molecular flexibility index (Phi) is 7.12. The van der Waals surface area contributed by atoms with Gasteiger partial charge in [-0.25, -0.2) is 9.38 Å². The van der Waals surface area contributed by atoms with Crippen molar-refractivity contribution in [3.8, 4) is 0 Å². The molecule has 3 aromatic carbocycles. The molecule has 9 heteroatoms. The average molecular weight is 533 g/mol. The minimum Gasteiger partial charge on any atom is -0.337 e. The number of thioether (sulfide) groups is 1. The van der Waals surface area contributed by atoms with Gasteiger partial charge in [-0.05, 0) is 79.4 Å². The van der Waals surface area contributed by atoms with Gasteiger partial charge in [0.1, 0.15) is 12.4 Å². The summed E-state index contributed by atoms with van der Waals surface area (Å²) in [5.41, 5.74) is 2.93. The predicted molar refractivity (Wildman–Crippen MR) is 148 cm³/mol. The fraction of sp³-hybridized carbons (Fsp3) is 0.107. The molecular weight excluding hydrogens is 511 g/mol. The molecular formula is C28H22ClFN4O2S. The van der Waals surface area contributed by atoms with Crippen LogP contribution in [0.2, 0.25) is 5.02 Å². The number of aliphatic imine (C=N–C) groups is 1. The minimum absolute atomic E-state index is 0.103. The monoisotopic (exact) mass is 532 g/mol. The summed E-state index contributed by atoms with van der Waals surface area (Å²) < 4.78 is 15.1. The number of likely N-dealkylation sites (N-methyl/N-ethyl adjacent to an activating group) is 1. The molecule has 2 heterocycles. The highest BCUT2D eigenvalue weighted by Gasteiger charge is 2.32. The van der Waals surface area contributed by atoms with Crippen molar-refractivity contribution in [1.82, 2.24) is 9.47 Å². The highest BCUT2D eigenvalue weighted by Crippen LogP contribution is 2.35. The topological polar surface area (TPSA) is 66.7 Å². The number of carbonyl (C=O) groups is 2. The number of carbonyl (C=O) groups excluding carboxylic acids is 2. The van der Waals surface area contributed by atoms with Gasteiger partial charge in [0.2, 0.25) is 5.91 Å². The predicted octanol–water partition coefficient (Wildman–Crippen LogP) is 6.70. The van der Waals surface area contributed by atoms with Gasteiger partial charge < -0.3 is 9.88 Å². The maximum Gasteiger partial charge on any atom is 0.266 e. The average Bonchev–Trinajstić information content (AvgIpc) is 3.38. The first-order chi connectivity index (χ1) is 17.9. The Morgan fingerprint density at radius 3 is 2.54 bits per heavy atom. The number of aromatic nitrogens is 1. The Morgan fingerprint density at radius 2 is 1.81 bits per heavy atom. The Hall–Kier alpha value is -3.88. The maximum atomic E-state index is 13.3.